The Balaban J connectivity index is 1.64. The molecule has 1 aliphatic rings. The molecule has 1 N–H and O–H groups in total. The quantitative estimate of drug-likeness (QED) is 0.740. The molecule has 1 saturated heterocycles. The highest BCUT2D eigenvalue weighted by atomic mass is 19.1. The SMILES string of the molecule is CCNC(=O)N1CCN(CCN(Cc2ccc(F)cc2)C(=O)c2ccccc2C)CC1. The van der Waals surface area contributed by atoms with E-state index < -0.39 is 0 Å². The summed E-state index contributed by atoms with van der Waals surface area (Å²) in [7, 11) is 0. The lowest BCUT2D eigenvalue weighted by atomic mass is 10.1. The van der Waals surface area contributed by atoms with Crippen molar-refractivity contribution in [1.29, 1.82) is 0 Å². The third-order valence-corrected chi connectivity index (χ3v) is 5.62. The van der Waals surface area contributed by atoms with Crippen molar-refractivity contribution in [2.24, 2.45) is 0 Å². The molecule has 1 heterocycles. The first kappa shape index (κ1) is 22.7. The summed E-state index contributed by atoms with van der Waals surface area (Å²) in [6.45, 7) is 9.09. The predicted octanol–water partition coefficient (Wildman–Crippen LogP) is 3.12. The predicted molar refractivity (Wildman–Crippen MR) is 119 cm³/mol. The minimum absolute atomic E-state index is 0.0187. The molecule has 3 rings (SSSR count). The number of carbonyl (C=O) groups is 2. The van der Waals surface area contributed by atoms with E-state index in [0.29, 0.717) is 38.3 Å². The highest BCUT2D eigenvalue weighted by Crippen LogP contribution is 2.15. The Morgan fingerprint density at radius 1 is 1.03 bits per heavy atom. The van der Waals surface area contributed by atoms with E-state index in [0.717, 1.165) is 30.8 Å². The molecule has 31 heavy (non-hydrogen) atoms. The molecule has 7 heteroatoms. The molecule has 6 nitrogen and oxygen atoms in total. The summed E-state index contributed by atoms with van der Waals surface area (Å²) in [4.78, 5) is 31.2. The zero-order valence-electron chi connectivity index (χ0n) is 18.3. The van der Waals surface area contributed by atoms with E-state index in [1.54, 1.807) is 12.1 Å². The van der Waals surface area contributed by atoms with Gasteiger partial charge < -0.3 is 15.1 Å². The lowest BCUT2D eigenvalue weighted by Gasteiger charge is -2.35. The Bertz CT molecular complexity index is 879. The number of piperazine rings is 1. The number of hydrogen-bond acceptors (Lipinski definition) is 3. The van der Waals surface area contributed by atoms with Crippen LogP contribution >= 0.6 is 0 Å². The van der Waals surface area contributed by atoms with Crippen molar-refractivity contribution in [3.8, 4) is 0 Å². The lowest BCUT2D eigenvalue weighted by Crippen LogP contribution is -2.53. The van der Waals surface area contributed by atoms with Crippen LogP contribution in [0.5, 0.6) is 0 Å². The van der Waals surface area contributed by atoms with Crippen molar-refractivity contribution in [1.82, 2.24) is 20.0 Å². The molecule has 2 aromatic carbocycles. The van der Waals surface area contributed by atoms with Crippen molar-refractivity contribution in [3.05, 3.63) is 71.0 Å². The van der Waals surface area contributed by atoms with E-state index in [1.807, 2.05) is 47.9 Å². The van der Waals surface area contributed by atoms with E-state index in [4.69, 9.17) is 0 Å². The Morgan fingerprint density at radius 3 is 2.35 bits per heavy atom. The molecule has 1 fully saturated rings. The van der Waals surface area contributed by atoms with Gasteiger partial charge in [-0.3, -0.25) is 9.69 Å². The molecular weight excluding hydrogens is 395 g/mol. The smallest absolute Gasteiger partial charge is 0.317 e. The van der Waals surface area contributed by atoms with Crippen molar-refractivity contribution in [2.45, 2.75) is 20.4 Å². The summed E-state index contributed by atoms with van der Waals surface area (Å²) in [5, 5.41) is 2.84. The number of nitrogens with one attached hydrogen (secondary N) is 1. The van der Waals surface area contributed by atoms with Crippen LogP contribution in [0.25, 0.3) is 0 Å². The molecule has 0 spiro atoms. The standard InChI is InChI=1S/C24H31FN4O2/c1-3-26-24(31)28-15-12-27(13-16-28)14-17-29(18-20-8-10-21(25)11-9-20)23(30)22-7-5-4-6-19(22)2/h4-11H,3,12-18H2,1-2H3,(H,26,31). The number of rotatable bonds is 7. The number of halogens is 1. The zero-order valence-corrected chi connectivity index (χ0v) is 18.3. The second kappa shape index (κ2) is 10.9. The Labute approximate surface area is 183 Å². The number of nitrogens with zero attached hydrogens (tertiary/aromatic N) is 3. The molecule has 0 saturated carbocycles. The Kier molecular flexibility index (Phi) is 8.00. The molecule has 0 atom stereocenters. The van der Waals surface area contributed by atoms with Gasteiger partial charge >= 0.3 is 6.03 Å². The van der Waals surface area contributed by atoms with Gasteiger partial charge in [0.2, 0.25) is 0 Å². The first-order valence-electron chi connectivity index (χ1n) is 10.8. The van der Waals surface area contributed by atoms with Crippen LogP contribution in [0.15, 0.2) is 48.5 Å². The summed E-state index contributed by atoms with van der Waals surface area (Å²) in [6.07, 6.45) is 0. The van der Waals surface area contributed by atoms with Gasteiger partial charge in [-0.05, 0) is 43.2 Å². The molecule has 1 aliphatic heterocycles. The van der Waals surface area contributed by atoms with E-state index in [2.05, 4.69) is 10.2 Å². The zero-order chi connectivity index (χ0) is 22.2. The van der Waals surface area contributed by atoms with E-state index in [9.17, 15) is 14.0 Å². The second-order valence-corrected chi connectivity index (χ2v) is 7.83. The Morgan fingerprint density at radius 2 is 1.71 bits per heavy atom. The molecule has 0 bridgehead atoms. The van der Waals surface area contributed by atoms with Crippen LogP contribution in [0, 0.1) is 12.7 Å². The maximum atomic E-state index is 13.3. The van der Waals surface area contributed by atoms with Gasteiger partial charge in [0, 0.05) is 57.9 Å². The van der Waals surface area contributed by atoms with Gasteiger partial charge in [-0.2, -0.15) is 0 Å². The average molecular weight is 427 g/mol. The molecule has 0 unspecified atom stereocenters. The van der Waals surface area contributed by atoms with Gasteiger partial charge in [-0.1, -0.05) is 30.3 Å². The number of hydrogen-bond donors (Lipinski definition) is 1. The van der Waals surface area contributed by atoms with Gasteiger partial charge in [0.15, 0.2) is 0 Å². The fraction of sp³-hybridized carbons (Fsp3) is 0.417. The number of carbonyl (C=O) groups excluding carboxylic acids is 2. The van der Waals surface area contributed by atoms with Crippen LogP contribution in [0.2, 0.25) is 0 Å². The molecule has 166 valence electrons. The van der Waals surface area contributed by atoms with Gasteiger partial charge in [0.1, 0.15) is 5.82 Å². The van der Waals surface area contributed by atoms with Crippen LogP contribution in [-0.2, 0) is 6.54 Å². The van der Waals surface area contributed by atoms with Crippen LogP contribution in [0.4, 0.5) is 9.18 Å². The highest BCUT2D eigenvalue weighted by molar-refractivity contribution is 5.95. The van der Waals surface area contributed by atoms with Crippen LogP contribution < -0.4 is 5.32 Å². The average Bonchev–Trinajstić information content (AvgIpc) is 2.78. The molecule has 2 aromatic rings. The minimum atomic E-state index is -0.287. The molecule has 3 amide bonds. The maximum absolute atomic E-state index is 13.3. The van der Waals surface area contributed by atoms with Crippen molar-refractivity contribution >= 4 is 11.9 Å². The first-order valence-corrected chi connectivity index (χ1v) is 10.8. The lowest BCUT2D eigenvalue weighted by molar-refractivity contribution is 0.0702. The fourth-order valence-corrected chi connectivity index (χ4v) is 3.75. The van der Waals surface area contributed by atoms with E-state index >= 15 is 0 Å². The number of benzene rings is 2. The number of aryl methyl sites for hydroxylation is 1. The summed E-state index contributed by atoms with van der Waals surface area (Å²) in [5.74, 6) is -0.311. The van der Waals surface area contributed by atoms with Crippen molar-refractivity contribution < 1.29 is 14.0 Å². The minimum Gasteiger partial charge on any atom is -0.338 e. The number of urea groups is 1. The fourth-order valence-electron chi connectivity index (χ4n) is 3.75. The topological polar surface area (TPSA) is 55.9 Å². The normalized spacial score (nSPS) is 14.4. The van der Waals surface area contributed by atoms with E-state index in [1.165, 1.54) is 12.1 Å². The monoisotopic (exact) mass is 426 g/mol. The third-order valence-electron chi connectivity index (χ3n) is 5.62. The summed E-state index contributed by atoms with van der Waals surface area (Å²) < 4.78 is 13.3. The van der Waals surface area contributed by atoms with Crippen molar-refractivity contribution in [3.63, 3.8) is 0 Å². The maximum Gasteiger partial charge on any atom is 0.317 e. The van der Waals surface area contributed by atoms with Crippen LogP contribution in [0.3, 0.4) is 0 Å². The molecule has 0 radical (unpaired) electrons. The second-order valence-electron chi connectivity index (χ2n) is 7.83. The van der Waals surface area contributed by atoms with Crippen LogP contribution in [0.1, 0.15) is 28.4 Å². The summed E-state index contributed by atoms with van der Waals surface area (Å²) >= 11 is 0. The highest BCUT2D eigenvalue weighted by Gasteiger charge is 2.23. The largest absolute Gasteiger partial charge is 0.338 e. The van der Waals surface area contributed by atoms with Gasteiger partial charge in [0.05, 0.1) is 0 Å². The molecule has 0 aliphatic carbocycles. The van der Waals surface area contributed by atoms with Gasteiger partial charge in [0.25, 0.3) is 5.91 Å². The third kappa shape index (κ3) is 6.28. The van der Waals surface area contributed by atoms with Gasteiger partial charge in [-0.25, -0.2) is 9.18 Å². The Hall–Kier alpha value is -2.93. The van der Waals surface area contributed by atoms with E-state index in [-0.39, 0.29) is 17.8 Å². The summed E-state index contributed by atoms with van der Waals surface area (Å²) in [5.41, 5.74) is 2.52. The molecular formula is C24H31FN4O2. The number of amides is 3. The van der Waals surface area contributed by atoms with Gasteiger partial charge in [-0.15, -0.1) is 0 Å². The molecule has 0 aromatic heterocycles. The van der Waals surface area contributed by atoms with Crippen LogP contribution in [-0.4, -0.2) is 72.5 Å². The first-order chi connectivity index (χ1) is 15.0. The summed E-state index contributed by atoms with van der Waals surface area (Å²) in [6, 6.07) is 13.8. The van der Waals surface area contributed by atoms with Crippen molar-refractivity contribution in [2.75, 3.05) is 45.8 Å².